The predicted octanol–water partition coefficient (Wildman–Crippen LogP) is 1.71. The van der Waals surface area contributed by atoms with Gasteiger partial charge in [-0.15, -0.1) is 23.7 Å². The van der Waals surface area contributed by atoms with Gasteiger partial charge in [-0.05, 0) is 19.1 Å². The van der Waals surface area contributed by atoms with E-state index < -0.39 is 6.04 Å². The van der Waals surface area contributed by atoms with Crippen LogP contribution < -0.4 is 5.73 Å². The van der Waals surface area contributed by atoms with Gasteiger partial charge in [-0.25, -0.2) is 4.98 Å². The van der Waals surface area contributed by atoms with E-state index in [9.17, 15) is 4.79 Å². The molecule has 1 aliphatic rings. The normalized spacial score (nSPS) is 17.3. The second kappa shape index (κ2) is 7.37. The summed E-state index contributed by atoms with van der Waals surface area (Å²) in [6, 6.07) is 7.82. The SMILES string of the molecule is C[C@@H](N)C(=O)N1CCN(Cc2nc3ccccc3s2)CC1.Cl. The van der Waals surface area contributed by atoms with Gasteiger partial charge in [-0.3, -0.25) is 9.69 Å². The third-order valence-corrected chi connectivity index (χ3v) is 4.79. The number of amides is 1. The minimum atomic E-state index is -0.402. The molecule has 1 atom stereocenters. The Labute approximate surface area is 140 Å². The molecule has 2 heterocycles. The number of halogens is 1. The minimum absolute atomic E-state index is 0. The van der Waals surface area contributed by atoms with Crippen molar-refractivity contribution in [1.29, 1.82) is 0 Å². The summed E-state index contributed by atoms with van der Waals surface area (Å²) in [5.41, 5.74) is 6.73. The van der Waals surface area contributed by atoms with E-state index in [1.165, 1.54) is 4.70 Å². The van der Waals surface area contributed by atoms with Crippen LogP contribution >= 0.6 is 23.7 Å². The maximum atomic E-state index is 11.9. The number of fused-ring (bicyclic) bond motifs is 1. The summed E-state index contributed by atoms with van der Waals surface area (Å²) >= 11 is 1.75. The summed E-state index contributed by atoms with van der Waals surface area (Å²) in [4.78, 5) is 20.7. The zero-order chi connectivity index (χ0) is 14.8. The zero-order valence-corrected chi connectivity index (χ0v) is 14.2. The quantitative estimate of drug-likeness (QED) is 0.924. The number of nitrogens with two attached hydrogens (primary N) is 1. The fourth-order valence-electron chi connectivity index (χ4n) is 2.59. The number of hydrogen-bond donors (Lipinski definition) is 1. The molecule has 0 saturated carbocycles. The lowest BCUT2D eigenvalue weighted by Gasteiger charge is -2.35. The smallest absolute Gasteiger partial charge is 0.239 e. The Kier molecular flexibility index (Phi) is 5.74. The number of rotatable bonds is 3. The van der Waals surface area contributed by atoms with Crippen molar-refractivity contribution < 1.29 is 4.79 Å². The summed E-state index contributed by atoms with van der Waals surface area (Å²) in [5, 5.41) is 1.14. The largest absolute Gasteiger partial charge is 0.339 e. The monoisotopic (exact) mass is 340 g/mol. The highest BCUT2D eigenvalue weighted by molar-refractivity contribution is 7.18. The molecule has 1 saturated heterocycles. The molecular formula is C15H21ClN4OS. The molecule has 2 N–H and O–H groups in total. The van der Waals surface area contributed by atoms with Crippen molar-refractivity contribution in [2.45, 2.75) is 19.5 Å². The van der Waals surface area contributed by atoms with Crippen molar-refractivity contribution in [3.63, 3.8) is 0 Å². The maximum absolute atomic E-state index is 11.9. The number of piperazine rings is 1. The molecule has 5 nitrogen and oxygen atoms in total. The molecule has 1 amide bonds. The Morgan fingerprint density at radius 1 is 1.32 bits per heavy atom. The maximum Gasteiger partial charge on any atom is 0.239 e. The molecule has 1 aromatic carbocycles. The van der Waals surface area contributed by atoms with E-state index in [-0.39, 0.29) is 18.3 Å². The van der Waals surface area contributed by atoms with Crippen molar-refractivity contribution in [1.82, 2.24) is 14.8 Å². The van der Waals surface area contributed by atoms with Gasteiger partial charge in [0.2, 0.25) is 5.91 Å². The highest BCUT2D eigenvalue weighted by Crippen LogP contribution is 2.22. The molecule has 3 rings (SSSR count). The van der Waals surface area contributed by atoms with Crippen molar-refractivity contribution in [2.24, 2.45) is 5.73 Å². The Balaban J connectivity index is 0.00000176. The first-order valence-electron chi connectivity index (χ1n) is 7.24. The van der Waals surface area contributed by atoms with E-state index in [0.29, 0.717) is 0 Å². The molecule has 2 aromatic rings. The fraction of sp³-hybridized carbons (Fsp3) is 0.467. The fourth-order valence-corrected chi connectivity index (χ4v) is 3.60. The first kappa shape index (κ1) is 17.1. The first-order valence-corrected chi connectivity index (χ1v) is 8.06. The number of aromatic nitrogens is 1. The number of nitrogens with zero attached hydrogens (tertiary/aromatic N) is 3. The van der Waals surface area contributed by atoms with E-state index in [2.05, 4.69) is 22.0 Å². The van der Waals surface area contributed by atoms with Crippen molar-refractivity contribution >= 4 is 39.9 Å². The third-order valence-electron chi connectivity index (χ3n) is 3.77. The van der Waals surface area contributed by atoms with Crippen molar-refractivity contribution in [3.8, 4) is 0 Å². The molecule has 120 valence electrons. The molecule has 1 aliphatic heterocycles. The second-order valence-corrected chi connectivity index (χ2v) is 6.58. The zero-order valence-electron chi connectivity index (χ0n) is 12.6. The van der Waals surface area contributed by atoms with Crippen molar-refractivity contribution in [2.75, 3.05) is 26.2 Å². The summed E-state index contributed by atoms with van der Waals surface area (Å²) in [6.45, 7) is 5.88. The minimum Gasteiger partial charge on any atom is -0.339 e. The molecule has 22 heavy (non-hydrogen) atoms. The topological polar surface area (TPSA) is 62.5 Å². The summed E-state index contributed by atoms with van der Waals surface area (Å²) in [7, 11) is 0. The van der Waals surface area contributed by atoms with Crippen LogP contribution in [-0.2, 0) is 11.3 Å². The van der Waals surface area contributed by atoms with Crippen LogP contribution in [-0.4, -0.2) is 52.9 Å². The predicted molar refractivity (Wildman–Crippen MR) is 92.4 cm³/mol. The lowest BCUT2D eigenvalue weighted by Crippen LogP contribution is -2.52. The van der Waals surface area contributed by atoms with Crippen LogP contribution in [0, 0.1) is 0 Å². The second-order valence-electron chi connectivity index (χ2n) is 5.47. The molecule has 0 bridgehead atoms. The van der Waals surface area contributed by atoms with E-state index in [4.69, 9.17) is 5.73 Å². The van der Waals surface area contributed by atoms with Crippen LogP contribution in [0.5, 0.6) is 0 Å². The number of carbonyl (C=O) groups excluding carboxylic acids is 1. The van der Waals surface area contributed by atoms with Gasteiger partial charge in [0.15, 0.2) is 0 Å². The van der Waals surface area contributed by atoms with Crippen LogP contribution in [0.2, 0.25) is 0 Å². The molecule has 7 heteroatoms. The van der Waals surface area contributed by atoms with Gasteiger partial charge in [0.05, 0.1) is 22.8 Å². The van der Waals surface area contributed by atoms with Crippen LogP contribution in [0.25, 0.3) is 10.2 Å². The van der Waals surface area contributed by atoms with E-state index >= 15 is 0 Å². The molecule has 0 spiro atoms. The molecule has 0 radical (unpaired) electrons. The van der Waals surface area contributed by atoms with Gasteiger partial charge in [0.1, 0.15) is 5.01 Å². The molecule has 1 fully saturated rings. The molecule has 0 aliphatic carbocycles. The molecule has 0 unspecified atom stereocenters. The van der Waals surface area contributed by atoms with E-state index in [1.807, 2.05) is 17.0 Å². The lowest BCUT2D eigenvalue weighted by molar-refractivity contribution is -0.134. The highest BCUT2D eigenvalue weighted by atomic mass is 35.5. The average molecular weight is 341 g/mol. The standard InChI is InChI=1S/C15H20N4OS.ClH/c1-11(16)15(20)19-8-6-18(7-9-19)10-14-17-12-4-2-3-5-13(12)21-14;/h2-5,11H,6-10,16H2,1H3;1H/t11-;/m1./s1. The van der Waals surface area contributed by atoms with E-state index in [0.717, 1.165) is 43.2 Å². The van der Waals surface area contributed by atoms with E-state index in [1.54, 1.807) is 18.3 Å². The van der Waals surface area contributed by atoms with Crippen LogP contribution in [0.1, 0.15) is 11.9 Å². The Hall–Kier alpha value is -1.21. The Morgan fingerprint density at radius 2 is 2.00 bits per heavy atom. The first-order chi connectivity index (χ1) is 10.1. The number of thiazole rings is 1. The van der Waals surface area contributed by atoms with Crippen LogP contribution in [0.15, 0.2) is 24.3 Å². The number of hydrogen-bond acceptors (Lipinski definition) is 5. The summed E-state index contributed by atoms with van der Waals surface area (Å²) in [6.07, 6.45) is 0. The number of para-hydroxylation sites is 1. The molecule has 1 aromatic heterocycles. The summed E-state index contributed by atoms with van der Waals surface area (Å²) in [5.74, 6) is 0.0506. The van der Waals surface area contributed by atoms with Crippen LogP contribution in [0.3, 0.4) is 0 Å². The lowest BCUT2D eigenvalue weighted by atomic mass is 10.2. The van der Waals surface area contributed by atoms with Gasteiger partial charge in [-0.1, -0.05) is 12.1 Å². The Morgan fingerprint density at radius 3 is 2.64 bits per heavy atom. The highest BCUT2D eigenvalue weighted by Gasteiger charge is 2.23. The summed E-state index contributed by atoms with van der Waals surface area (Å²) < 4.78 is 1.23. The van der Waals surface area contributed by atoms with Gasteiger partial charge >= 0.3 is 0 Å². The van der Waals surface area contributed by atoms with Gasteiger partial charge in [-0.2, -0.15) is 0 Å². The number of benzene rings is 1. The third kappa shape index (κ3) is 3.76. The average Bonchev–Trinajstić information content (AvgIpc) is 2.89. The van der Waals surface area contributed by atoms with Crippen LogP contribution in [0.4, 0.5) is 0 Å². The van der Waals surface area contributed by atoms with Gasteiger partial charge in [0, 0.05) is 26.2 Å². The number of carbonyl (C=O) groups is 1. The van der Waals surface area contributed by atoms with Crippen molar-refractivity contribution in [3.05, 3.63) is 29.3 Å². The molecular weight excluding hydrogens is 320 g/mol. The van der Waals surface area contributed by atoms with Gasteiger partial charge < -0.3 is 10.6 Å². The van der Waals surface area contributed by atoms with Gasteiger partial charge in [0.25, 0.3) is 0 Å². The Bertz CT molecular complexity index is 604.